The van der Waals surface area contributed by atoms with Crippen LogP contribution in [0.25, 0.3) is 10.6 Å². The Labute approximate surface area is 187 Å². The van der Waals surface area contributed by atoms with E-state index >= 15 is 0 Å². The van der Waals surface area contributed by atoms with Crippen molar-refractivity contribution in [1.29, 1.82) is 0 Å². The number of anilines is 1. The lowest BCUT2D eigenvalue weighted by molar-refractivity contribution is -0.115. The van der Waals surface area contributed by atoms with Gasteiger partial charge < -0.3 is 15.3 Å². The Hall–Kier alpha value is -2.74. The third-order valence-electron chi connectivity index (χ3n) is 5.50. The summed E-state index contributed by atoms with van der Waals surface area (Å²) in [6, 6.07) is 13.7. The average molecular weight is 437 g/mol. The Bertz CT molecular complexity index is 1060. The van der Waals surface area contributed by atoms with Gasteiger partial charge in [0.2, 0.25) is 5.91 Å². The molecule has 2 heterocycles. The number of benzene rings is 2. The summed E-state index contributed by atoms with van der Waals surface area (Å²) in [6.45, 7) is 7.26. The first-order valence-corrected chi connectivity index (χ1v) is 11.4. The van der Waals surface area contributed by atoms with Gasteiger partial charge in [-0.05, 0) is 43.3 Å². The highest BCUT2D eigenvalue weighted by Gasteiger charge is 2.15. The van der Waals surface area contributed by atoms with Crippen LogP contribution in [0.3, 0.4) is 0 Å². The predicted molar refractivity (Wildman–Crippen MR) is 126 cm³/mol. The molecule has 6 nitrogen and oxygen atoms in total. The summed E-state index contributed by atoms with van der Waals surface area (Å²) in [7, 11) is 2.17. The van der Waals surface area contributed by atoms with Crippen LogP contribution in [-0.4, -0.2) is 59.0 Å². The molecule has 0 unspecified atom stereocenters. The van der Waals surface area contributed by atoms with Gasteiger partial charge in [0.15, 0.2) is 0 Å². The molecule has 31 heavy (non-hydrogen) atoms. The number of carbonyl (C=O) groups is 1. The number of hydrogen-bond donors (Lipinski definition) is 2. The second-order valence-corrected chi connectivity index (χ2v) is 9.03. The van der Waals surface area contributed by atoms with Crippen LogP contribution in [0.15, 0.2) is 47.8 Å². The van der Waals surface area contributed by atoms with E-state index < -0.39 is 0 Å². The topological polar surface area (TPSA) is 68.7 Å². The monoisotopic (exact) mass is 436 g/mol. The molecule has 7 heteroatoms. The molecular formula is C24H28N4O2S. The minimum absolute atomic E-state index is 0.0649. The van der Waals surface area contributed by atoms with Crippen molar-refractivity contribution < 1.29 is 9.90 Å². The Balaban J connectivity index is 1.39. The third kappa shape index (κ3) is 5.70. The van der Waals surface area contributed by atoms with Gasteiger partial charge in [0, 0.05) is 43.7 Å². The largest absolute Gasteiger partial charge is 0.506 e. The number of rotatable bonds is 6. The zero-order chi connectivity index (χ0) is 21.8. The number of hydrogen-bond acceptors (Lipinski definition) is 6. The number of aromatic nitrogens is 1. The lowest BCUT2D eigenvalue weighted by Crippen LogP contribution is -2.43. The number of amides is 1. The van der Waals surface area contributed by atoms with Gasteiger partial charge in [-0.25, -0.2) is 4.98 Å². The van der Waals surface area contributed by atoms with E-state index in [1.54, 1.807) is 29.5 Å². The number of aryl methyl sites for hydroxylation is 1. The van der Waals surface area contributed by atoms with Crippen molar-refractivity contribution in [2.75, 3.05) is 38.5 Å². The molecule has 1 aliphatic heterocycles. The van der Waals surface area contributed by atoms with Crippen molar-refractivity contribution in [3.8, 4) is 16.3 Å². The van der Waals surface area contributed by atoms with Crippen LogP contribution in [-0.2, 0) is 17.8 Å². The van der Waals surface area contributed by atoms with E-state index in [2.05, 4.69) is 51.4 Å². The maximum absolute atomic E-state index is 12.4. The molecule has 0 spiro atoms. The van der Waals surface area contributed by atoms with E-state index in [1.165, 1.54) is 5.56 Å². The van der Waals surface area contributed by atoms with Gasteiger partial charge in [0.1, 0.15) is 10.8 Å². The maximum atomic E-state index is 12.4. The number of piperazine rings is 1. The molecule has 0 atom stereocenters. The summed E-state index contributed by atoms with van der Waals surface area (Å²) in [4.78, 5) is 21.9. The Kier molecular flexibility index (Phi) is 6.65. The van der Waals surface area contributed by atoms with Gasteiger partial charge in [-0.15, -0.1) is 11.3 Å². The number of carbonyl (C=O) groups excluding carboxylic acids is 1. The molecule has 1 aromatic heterocycles. The fourth-order valence-electron chi connectivity index (χ4n) is 3.70. The highest BCUT2D eigenvalue weighted by atomic mass is 32.1. The minimum atomic E-state index is -0.193. The van der Waals surface area contributed by atoms with Crippen molar-refractivity contribution in [1.82, 2.24) is 14.8 Å². The molecule has 0 saturated carbocycles. The number of nitrogens with zero attached hydrogens (tertiary/aromatic N) is 3. The van der Waals surface area contributed by atoms with Crippen molar-refractivity contribution in [2.24, 2.45) is 0 Å². The molecule has 0 bridgehead atoms. The highest BCUT2D eigenvalue weighted by Crippen LogP contribution is 2.27. The van der Waals surface area contributed by atoms with E-state index in [4.69, 9.17) is 0 Å². The number of phenolic OH excluding ortho intramolecular Hbond substituents is 1. The quantitative estimate of drug-likeness (QED) is 0.576. The SMILES string of the molecule is Cc1ccc(O)c(NC(=O)Cc2csc(-c3cccc(CN4CCN(C)CC4)c3)n2)c1. The summed E-state index contributed by atoms with van der Waals surface area (Å²) in [5.41, 5.74) is 4.50. The van der Waals surface area contributed by atoms with E-state index in [0.29, 0.717) is 5.69 Å². The van der Waals surface area contributed by atoms with Crippen molar-refractivity contribution in [3.05, 3.63) is 64.7 Å². The molecule has 0 aliphatic carbocycles. The Morgan fingerprint density at radius 3 is 2.77 bits per heavy atom. The predicted octanol–water partition coefficient (Wildman–Crippen LogP) is 3.75. The molecule has 3 aromatic rings. The van der Waals surface area contributed by atoms with Crippen LogP contribution in [0.2, 0.25) is 0 Å². The fraction of sp³-hybridized carbons (Fsp3) is 0.333. The third-order valence-corrected chi connectivity index (χ3v) is 6.44. The van der Waals surface area contributed by atoms with E-state index in [9.17, 15) is 9.90 Å². The molecule has 0 radical (unpaired) electrons. The maximum Gasteiger partial charge on any atom is 0.230 e. The van der Waals surface area contributed by atoms with E-state index in [0.717, 1.165) is 54.6 Å². The number of likely N-dealkylation sites (N-methyl/N-ethyl adjacent to an activating group) is 1. The fourth-order valence-corrected chi connectivity index (χ4v) is 4.51. The molecule has 4 rings (SSSR count). The number of nitrogens with one attached hydrogen (secondary N) is 1. The Morgan fingerprint density at radius 1 is 1.16 bits per heavy atom. The molecule has 1 saturated heterocycles. The van der Waals surface area contributed by atoms with E-state index in [-0.39, 0.29) is 18.1 Å². The number of aromatic hydroxyl groups is 1. The summed E-state index contributed by atoms with van der Waals surface area (Å²) >= 11 is 1.55. The van der Waals surface area contributed by atoms with Gasteiger partial charge in [-0.3, -0.25) is 9.69 Å². The first-order valence-electron chi connectivity index (χ1n) is 10.5. The van der Waals surface area contributed by atoms with Crippen molar-refractivity contribution >= 4 is 22.9 Å². The van der Waals surface area contributed by atoms with Crippen molar-refractivity contribution in [3.63, 3.8) is 0 Å². The molecule has 1 fully saturated rings. The van der Waals surface area contributed by atoms with Crippen molar-refractivity contribution in [2.45, 2.75) is 19.9 Å². The van der Waals surface area contributed by atoms with Gasteiger partial charge >= 0.3 is 0 Å². The van der Waals surface area contributed by atoms with Gasteiger partial charge in [0.05, 0.1) is 17.8 Å². The first-order chi connectivity index (χ1) is 15.0. The summed E-state index contributed by atoms with van der Waals surface area (Å²) in [5.74, 6) is -0.128. The smallest absolute Gasteiger partial charge is 0.230 e. The van der Waals surface area contributed by atoms with Gasteiger partial charge in [0.25, 0.3) is 0 Å². The highest BCUT2D eigenvalue weighted by molar-refractivity contribution is 7.13. The first kappa shape index (κ1) is 21.5. The molecule has 1 aliphatic rings. The van der Waals surface area contributed by atoms with Gasteiger partial charge in [-0.1, -0.05) is 24.3 Å². The molecule has 2 aromatic carbocycles. The average Bonchev–Trinajstić information content (AvgIpc) is 3.21. The Morgan fingerprint density at radius 2 is 1.97 bits per heavy atom. The number of phenols is 1. The summed E-state index contributed by atoms with van der Waals surface area (Å²) in [5, 5.41) is 15.5. The molecule has 1 amide bonds. The van der Waals surface area contributed by atoms with Crippen LogP contribution in [0, 0.1) is 6.92 Å². The van der Waals surface area contributed by atoms with E-state index in [1.807, 2.05) is 12.3 Å². The normalized spacial score (nSPS) is 15.2. The van der Waals surface area contributed by atoms with Crippen LogP contribution in [0.1, 0.15) is 16.8 Å². The number of thiazole rings is 1. The van der Waals surface area contributed by atoms with Crippen LogP contribution < -0.4 is 5.32 Å². The molecule has 162 valence electrons. The lowest BCUT2D eigenvalue weighted by atomic mass is 10.1. The zero-order valence-electron chi connectivity index (χ0n) is 18.0. The molecular weight excluding hydrogens is 408 g/mol. The zero-order valence-corrected chi connectivity index (χ0v) is 18.8. The second kappa shape index (κ2) is 9.60. The minimum Gasteiger partial charge on any atom is -0.506 e. The van der Waals surface area contributed by atoms with Gasteiger partial charge in [-0.2, -0.15) is 0 Å². The summed E-state index contributed by atoms with van der Waals surface area (Å²) < 4.78 is 0. The standard InChI is InChI=1S/C24H28N4O2S/c1-17-6-7-22(29)21(12-17)26-23(30)14-20-16-31-24(25-20)19-5-3-4-18(13-19)15-28-10-8-27(2)9-11-28/h3-7,12-13,16,29H,8-11,14-15H2,1-2H3,(H,26,30). The van der Waals surface area contributed by atoms with Crippen LogP contribution >= 0.6 is 11.3 Å². The van der Waals surface area contributed by atoms with Crippen LogP contribution in [0.4, 0.5) is 5.69 Å². The summed E-state index contributed by atoms with van der Waals surface area (Å²) in [6.07, 6.45) is 0.171. The molecule has 2 N–H and O–H groups in total. The van der Waals surface area contributed by atoms with Crippen LogP contribution in [0.5, 0.6) is 5.75 Å². The second-order valence-electron chi connectivity index (χ2n) is 8.17. The lowest BCUT2D eigenvalue weighted by Gasteiger charge is -2.32.